The Hall–Kier alpha value is -3.42. The number of carbonyl (C=O) groups excluding carboxylic acids is 2. The molecule has 1 heterocycles. The van der Waals surface area contributed by atoms with Gasteiger partial charge in [0.05, 0.1) is 13.7 Å². The minimum absolute atomic E-state index is 0.149. The molecule has 2 N–H and O–H groups in total. The summed E-state index contributed by atoms with van der Waals surface area (Å²) in [5, 5.41) is 7.46. The lowest BCUT2D eigenvalue weighted by Crippen LogP contribution is -2.30. The monoisotopic (exact) mass is 422 g/mol. The Morgan fingerprint density at radius 1 is 1.03 bits per heavy atom. The van der Waals surface area contributed by atoms with E-state index in [2.05, 4.69) is 10.6 Å². The Balaban J connectivity index is 1.80. The summed E-state index contributed by atoms with van der Waals surface area (Å²) in [4.78, 5) is 26.5. The topological polar surface area (TPSA) is 76.7 Å². The molecule has 0 radical (unpaired) electrons. The highest BCUT2D eigenvalue weighted by Crippen LogP contribution is 2.17. The molecule has 0 aliphatic carbocycles. The molecule has 0 unspecified atom stereocenters. The maximum atomic E-state index is 12.9. The van der Waals surface area contributed by atoms with Crippen molar-refractivity contribution in [2.45, 2.75) is 6.61 Å². The van der Waals surface area contributed by atoms with Crippen molar-refractivity contribution in [3.05, 3.63) is 87.7 Å². The summed E-state index contributed by atoms with van der Waals surface area (Å²) < 4.78 is 10.3. The minimum Gasteiger partial charge on any atom is -0.497 e. The lowest BCUT2D eigenvalue weighted by Gasteiger charge is -2.12. The fourth-order valence-electron chi connectivity index (χ4n) is 2.71. The molecular weight excluding hydrogens is 400 g/mol. The zero-order valence-corrected chi connectivity index (χ0v) is 17.5. The van der Waals surface area contributed by atoms with Crippen LogP contribution in [0, 0.1) is 0 Å². The molecule has 154 valence electrons. The normalized spacial score (nSPS) is 11.1. The lowest BCUT2D eigenvalue weighted by molar-refractivity contribution is -0.113. The van der Waals surface area contributed by atoms with Crippen molar-refractivity contribution >= 4 is 34.9 Å². The summed E-state index contributed by atoms with van der Waals surface area (Å²) >= 11 is 1.47. The zero-order chi connectivity index (χ0) is 21.3. The molecule has 0 saturated carbocycles. The Kier molecular flexibility index (Phi) is 7.37. The molecular formula is C23H22N2O4S. The van der Waals surface area contributed by atoms with Gasteiger partial charge in [0.15, 0.2) is 0 Å². The van der Waals surface area contributed by atoms with E-state index in [0.29, 0.717) is 23.6 Å². The molecule has 0 spiro atoms. The van der Waals surface area contributed by atoms with E-state index in [4.69, 9.17) is 9.47 Å². The number of anilines is 1. The van der Waals surface area contributed by atoms with Crippen molar-refractivity contribution in [2.75, 3.05) is 19.5 Å². The van der Waals surface area contributed by atoms with Gasteiger partial charge in [-0.3, -0.25) is 9.59 Å². The molecule has 0 aliphatic heterocycles. The number of hydrogen-bond acceptors (Lipinski definition) is 5. The standard InChI is InChI=1S/C23H22N2O4S/c1-28-15-16-5-3-6-18(13-16)24-23(27)21(14-20-7-4-12-30-20)25-22(26)17-8-10-19(29-2)11-9-17/h3-14H,15H2,1-2H3,(H,24,27)(H,25,26)/b21-14-. The number of ether oxygens (including phenoxy) is 2. The second-order valence-electron chi connectivity index (χ2n) is 6.34. The van der Waals surface area contributed by atoms with Crippen molar-refractivity contribution < 1.29 is 19.1 Å². The molecule has 0 saturated heterocycles. The first-order chi connectivity index (χ1) is 14.6. The largest absolute Gasteiger partial charge is 0.497 e. The van der Waals surface area contributed by atoms with Crippen LogP contribution in [0.25, 0.3) is 6.08 Å². The van der Waals surface area contributed by atoms with Gasteiger partial charge in [-0.1, -0.05) is 18.2 Å². The lowest BCUT2D eigenvalue weighted by atomic mass is 10.2. The molecule has 0 atom stereocenters. The van der Waals surface area contributed by atoms with Gasteiger partial charge < -0.3 is 20.1 Å². The van der Waals surface area contributed by atoms with Crippen LogP contribution in [0.1, 0.15) is 20.8 Å². The summed E-state index contributed by atoms with van der Waals surface area (Å²) in [6.07, 6.45) is 1.65. The van der Waals surface area contributed by atoms with Crippen LogP contribution in [0.2, 0.25) is 0 Å². The smallest absolute Gasteiger partial charge is 0.272 e. The number of nitrogens with one attached hydrogen (secondary N) is 2. The van der Waals surface area contributed by atoms with E-state index in [-0.39, 0.29) is 11.6 Å². The Bertz CT molecular complexity index is 1030. The molecule has 0 bridgehead atoms. The van der Waals surface area contributed by atoms with E-state index >= 15 is 0 Å². The van der Waals surface area contributed by atoms with E-state index in [0.717, 1.165) is 10.4 Å². The van der Waals surface area contributed by atoms with Crippen LogP contribution in [0.4, 0.5) is 5.69 Å². The fraction of sp³-hybridized carbons (Fsp3) is 0.130. The van der Waals surface area contributed by atoms with Crippen LogP contribution in [0.5, 0.6) is 5.75 Å². The number of methoxy groups -OCH3 is 2. The third-order valence-electron chi connectivity index (χ3n) is 4.17. The van der Waals surface area contributed by atoms with Gasteiger partial charge in [0.1, 0.15) is 11.4 Å². The highest BCUT2D eigenvalue weighted by molar-refractivity contribution is 7.10. The molecule has 1 aromatic heterocycles. The quantitative estimate of drug-likeness (QED) is 0.530. The minimum atomic E-state index is -0.417. The first-order valence-corrected chi connectivity index (χ1v) is 10.1. The summed E-state index contributed by atoms with van der Waals surface area (Å²) in [5.74, 6) is -0.154. The predicted octanol–water partition coefficient (Wildman–Crippen LogP) is 4.31. The number of benzene rings is 2. The molecule has 2 amide bonds. The van der Waals surface area contributed by atoms with E-state index in [1.165, 1.54) is 11.3 Å². The van der Waals surface area contributed by atoms with Gasteiger partial charge in [-0.05, 0) is 59.5 Å². The first-order valence-electron chi connectivity index (χ1n) is 9.19. The molecule has 3 rings (SSSR count). The third-order valence-corrected chi connectivity index (χ3v) is 4.99. The first kappa shape index (κ1) is 21.3. The average Bonchev–Trinajstić information content (AvgIpc) is 3.27. The highest BCUT2D eigenvalue weighted by atomic mass is 32.1. The van der Waals surface area contributed by atoms with Crippen molar-refractivity contribution in [3.63, 3.8) is 0 Å². The van der Waals surface area contributed by atoms with Crippen LogP contribution in [-0.4, -0.2) is 26.0 Å². The molecule has 7 heteroatoms. The molecule has 6 nitrogen and oxygen atoms in total. The zero-order valence-electron chi connectivity index (χ0n) is 16.7. The van der Waals surface area contributed by atoms with E-state index < -0.39 is 5.91 Å². The van der Waals surface area contributed by atoms with Crippen molar-refractivity contribution in [3.8, 4) is 5.75 Å². The van der Waals surface area contributed by atoms with Crippen LogP contribution >= 0.6 is 11.3 Å². The summed E-state index contributed by atoms with van der Waals surface area (Å²) in [7, 11) is 3.17. The number of amides is 2. The average molecular weight is 423 g/mol. The van der Waals surface area contributed by atoms with Gasteiger partial charge in [0.2, 0.25) is 0 Å². The van der Waals surface area contributed by atoms with Gasteiger partial charge >= 0.3 is 0 Å². The van der Waals surface area contributed by atoms with E-state index in [1.807, 2.05) is 35.7 Å². The van der Waals surface area contributed by atoms with Crippen LogP contribution < -0.4 is 15.4 Å². The second kappa shape index (κ2) is 10.4. The Morgan fingerprint density at radius 3 is 2.50 bits per heavy atom. The van der Waals surface area contributed by atoms with Gasteiger partial charge in [-0.2, -0.15) is 0 Å². The van der Waals surface area contributed by atoms with Crippen molar-refractivity contribution in [2.24, 2.45) is 0 Å². The van der Waals surface area contributed by atoms with Gasteiger partial charge in [0.25, 0.3) is 11.8 Å². The van der Waals surface area contributed by atoms with Gasteiger partial charge in [0, 0.05) is 23.2 Å². The molecule has 2 aromatic carbocycles. The van der Waals surface area contributed by atoms with E-state index in [9.17, 15) is 9.59 Å². The summed E-state index contributed by atoms with van der Waals surface area (Å²) in [6.45, 7) is 0.440. The maximum absolute atomic E-state index is 12.9. The number of rotatable bonds is 8. The van der Waals surface area contributed by atoms with Crippen LogP contribution in [0.3, 0.4) is 0 Å². The van der Waals surface area contributed by atoms with Crippen LogP contribution in [-0.2, 0) is 16.1 Å². The summed E-state index contributed by atoms with van der Waals surface area (Å²) in [6, 6.07) is 17.8. The third kappa shape index (κ3) is 5.79. The molecule has 3 aromatic rings. The summed E-state index contributed by atoms with van der Waals surface area (Å²) in [5.41, 5.74) is 2.12. The highest BCUT2D eigenvalue weighted by Gasteiger charge is 2.15. The molecule has 0 fully saturated rings. The van der Waals surface area contributed by atoms with Crippen molar-refractivity contribution in [1.29, 1.82) is 0 Å². The maximum Gasteiger partial charge on any atom is 0.272 e. The van der Waals surface area contributed by atoms with E-state index in [1.54, 1.807) is 50.6 Å². The van der Waals surface area contributed by atoms with Gasteiger partial charge in [-0.15, -0.1) is 11.3 Å². The molecule has 0 aliphatic rings. The molecule has 30 heavy (non-hydrogen) atoms. The van der Waals surface area contributed by atoms with Gasteiger partial charge in [-0.25, -0.2) is 0 Å². The number of hydrogen-bond donors (Lipinski definition) is 2. The number of thiophene rings is 1. The van der Waals surface area contributed by atoms with Crippen LogP contribution in [0.15, 0.2) is 71.7 Å². The Labute approximate surface area is 179 Å². The Morgan fingerprint density at radius 2 is 1.83 bits per heavy atom. The fourth-order valence-corrected chi connectivity index (χ4v) is 3.37. The predicted molar refractivity (Wildman–Crippen MR) is 119 cm³/mol. The number of carbonyl (C=O) groups is 2. The SMILES string of the molecule is COCc1cccc(NC(=O)/C(=C/c2cccs2)NC(=O)c2ccc(OC)cc2)c1. The second-order valence-corrected chi connectivity index (χ2v) is 7.32. The van der Waals surface area contributed by atoms with Crippen molar-refractivity contribution in [1.82, 2.24) is 5.32 Å².